The minimum absolute atomic E-state index is 0.370. The molecule has 0 amide bonds. The highest BCUT2D eigenvalue weighted by Gasteiger charge is 2.10. The van der Waals surface area contributed by atoms with Crippen LogP contribution < -0.4 is 15.4 Å². The highest BCUT2D eigenvalue weighted by molar-refractivity contribution is 9.10. The molecule has 0 aliphatic heterocycles. The molecule has 0 heterocycles. The van der Waals surface area contributed by atoms with Gasteiger partial charge in [0.1, 0.15) is 5.75 Å². The number of rotatable bonds is 6. The summed E-state index contributed by atoms with van der Waals surface area (Å²) in [5, 5.41) is 6.48. The van der Waals surface area contributed by atoms with Crippen LogP contribution in [0.25, 0.3) is 0 Å². The Balaban J connectivity index is 2.80. The molecule has 0 spiro atoms. The van der Waals surface area contributed by atoms with Crippen molar-refractivity contribution in [3.8, 4) is 5.75 Å². The van der Waals surface area contributed by atoms with Crippen LogP contribution in [0.5, 0.6) is 5.75 Å². The van der Waals surface area contributed by atoms with Crippen molar-refractivity contribution in [1.82, 2.24) is 10.6 Å². The Morgan fingerprint density at radius 1 is 1.38 bits per heavy atom. The maximum atomic E-state index is 5.21. The molecule has 90 valence electrons. The zero-order chi connectivity index (χ0) is 12.0. The number of methoxy groups -OCH3 is 1. The molecule has 0 radical (unpaired) electrons. The Morgan fingerprint density at radius 2 is 2.12 bits per heavy atom. The first-order valence-electron chi connectivity index (χ1n) is 5.38. The van der Waals surface area contributed by atoms with Crippen LogP contribution in [-0.2, 0) is 0 Å². The minimum atomic E-state index is 0.370. The lowest BCUT2D eigenvalue weighted by Crippen LogP contribution is -2.21. The van der Waals surface area contributed by atoms with E-state index in [9.17, 15) is 0 Å². The molecular formula is C12H19BrN2O. The van der Waals surface area contributed by atoms with Crippen LogP contribution in [0, 0.1) is 0 Å². The van der Waals surface area contributed by atoms with Crippen LogP contribution >= 0.6 is 15.9 Å². The van der Waals surface area contributed by atoms with Gasteiger partial charge < -0.3 is 15.4 Å². The summed E-state index contributed by atoms with van der Waals surface area (Å²) >= 11 is 3.50. The van der Waals surface area contributed by atoms with Gasteiger partial charge in [0.15, 0.2) is 0 Å². The largest absolute Gasteiger partial charge is 0.496 e. The average Bonchev–Trinajstić information content (AvgIpc) is 2.30. The van der Waals surface area contributed by atoms with E-state index in [0.29, 0.717) is 6.04 Å². The molecule has 4 heteroatoms. The number of benzene rings is 1. The summed E-state index contributed by atoms with van der Waals surface area (Å²) in [5.74, 6) is 0.868. The first-order valence-corrected chi connectivity index (χ1v) is 6.17. The molecule has 0 aliphatic carbocycles. The van der Waals surface area contributed by atoms with E-state index in [4.69, 9.17) is 4.74 Å². The Kier molecular flexibility index (Phi) is 5.80. The van der Waals surface area contributed by atoms with E-state index in [1.807, 2.05) is 20.2 Å². The van der Waals surface area contributed by atoms with Crippen molar-refractivity contribution in [3.05, 3.63) is 28.2 Å². The van der Waals surface area contributed by atoms with E-state index >= 15 is 0 Å². The zero-order valence-electron chi connectivity index (χ0n) is 10.0. The van der Waals surface area contributed by atoms with Crippen molar-refractivity contribution in [1.29, 1.82) is 0 Å². The summed E-state index contributed by atoms with van der Waals surface area (Å²) in [6.07, 6.45) is 1.06. The molecule has 0 aliphatic rings. The van der Waals surface area contributed by atoms with Gasteiger partial charge in [0.05, 0.1) is 11.6 Å². The number of ether oxygens (including phenoxy) is 1. The van der Waals surface area contributed by atoms with Crippen molar-refractivity contribution < 1.29 is 4.74 Å². The first-order chi connectivity index (χ1) is 7.72. The Morgan fingerprint density at radius 3 is 2.62 bits per heavy atom. The third-order valence-corrected chi connectivity index (χ3v) is 3.23. The van der Waals surface area contributed by atoms with Crippen molar-refractivity contribution in [2.75, 3.05) is 27.7 Å². The van der Waals surface area contributed by atoms with Gasteiger partial charge in [-0.05, 0) is 60.7 Å². The van der Waals surface area contributed by atoms with E-state index in [2.05, 4.69) is 38.7 Å². The second-order valence-electron chi connectivity index (χ2n) is 3.63. The van der Waals surface area contributed by atoms with E-state index in [1.165, 1.54) is 5.56 Å². The molecule has 16 heavy (non-hydrogen) atoms. The highest BCUT2D eigenvalue weighted by Crippen LogP contribution is 2.28. The normalized spacial score (nSPS) is 12.5. The monoisotopic (exact) mass is 286 g/mol. The number of halogens is 1. The maximum absolute atomic E-state index is 5.21. The summed E-state index contributed by atoms with van der Waals surface area (Å²) in [7, 11) is 5.63. The predicted octanol–water partition coefficient (Wildman–Crippen LogP) is 2.33. The molecule has 1 aromatic carbocycles. The molecule has 0 saturated heterocycles. The Bertz CT molecular complexity index is 331. The number of hydrogen-bond acceptors (Lipinski definition) is 3. The van der Waals surface area contributed by atoms with Crippen LogP contribution in [0.1, 0.15) is 18.0 Å². The summed E-state index contributed by atoms with van der Waals surface area (Å²) < 4.78 is 6.21. The van der Waals surface area contributed by atoms with Gasteiger partial charge in [-0.3, -0.25) is 0 Å². The van der Waals surface area contributed by atoms with E-state index < -0.39 is 0 Å². The van der Waals surface area contributed by atoms with Crippen molar-refractivity contribution in [2.45, 2.75) is 12.5 Å². The highest BCUT2D eigenvalue weighted by atomic mass is 79.9. The molecule has 0 aromatic heterocycles. The second kappa shape index (κ2) is 6.89. The standard InChI is InChI=1S/C12H19BrN2O/c1-14-7-6-11(15-2)9-4-5-12(16-3)10(13)8-9/h4-5,8,11,14-15H,6-7H2,1-3H3. The summed E-state index contributed by atoms with van der Waals surface area (Å²) in [5.41, 5.74) is 1.27. The molecule has 0 fully saturated rings. The average molecular weight is 287 g/mol. The van der Waals surface area contributed by atoms with Gasteiger partial charge in [0.2, 0.25) is 0 Å². The van der Waals surface area contributed by atoms with Gasteiger partial charge >= 0.3 is 0 Å². The van der Waals surface area contributed by atoms with Gasteiger partial charge in [0.25, 0.3) is 0 Å². The first kappa shape index (κ1) is 13.5. The summed E-state index contributed by atoms with van der Waals surface area (Å²) in [4.78, 5) is 0. The molecule has 1 atom stereocenters. The lowest BCUT2D eigenvalue weighted by molar-refractivity contribution is 0.411. The lowest BCUT2D eigenvalue weighted by Gasteiger charge is -2.17. The van der Waals surface area contributed by atoms with E-state index in [-0.39, 0.29) is 0 Å². The van der Waals surface area contributed by atoms with Crippen molar-refractivity contribution in [2.24, 2.45) is 0 Å². The van der Waals surface area contributed by atoms with Gasteiger partial charge in [-0.1, -0.05) is 6.07 Å². The second-order valence-corrected chi connectivity index (χ2v) is 4.48. The van der Waals surface area contributed by atoms with Crippen LogP contribution in [-0.4, -0.2) is 27.7 Å². The molecule has 0 bridgehead atoms. The third-order valence-electron chi connectivity index (χ3n) is 2.61. The third kappa shape index (κ3) is 3.47. The molecule has 3 nitrogen and oxygen atoms in total. The topological polar surface area (TPSA) is 33.3 Å². The van der Waals surface area contributed by atoms with Crippen molar-refractivity contribution >= 4 is 15.9 Å². The molecule has 1 aromatic rings. The maximum Gasteiger partial charge on any atom is 0.133 e. The van der Waals surface area contributed by atoms with Gasteiger partial charge in [-0.15, -0.1) is 0 Å². The van der Waals surface area contributed by atoms with E-state index in [1.54, 1.807) is 7.11 Å². The summed E-state index contributed by atoms with van der Waals surface area (Å²) in [6, 6.07) is 6.56. The SMILES string of the molecule is CNCCC(NC)c1ccc(OC)c(Br)c1. The Hall–Kier alpha value is -0.580. The van der Waals surface area contributed by atoms with E-state index in [0.717, 1.165) is 23.2 Å². The zero-order valence-corrected chi connectivity index (χ0v) is 11.6. The molecular weight excluding hydrogens is 268 g/mol. The number of nitrogens with one attached hydrogen (secondary N) is 2. The fraction of sp³-hybridized carbons (Fsp3) is 0.500. The quantitative estimate of drug-likeness (QED) is 0.842. The van der Waals surface area contributed by atoms with Gasteiger partial charge in [-0.25, -0.2) is 0 Å². The molecule has 2 N–H and O–H groups in total. The smallest absolute Gasteiger partial charge is 0.133 e. The predicted molar refractivity (Wildman–Crippen MR) is 71.0 cm³/mol. The van der Waals surface area contributed by atoms with Gasteiger partial charge in [-0.2, -0.15) is 0 Å². The van der Waals surface area contributed by atoms with Crippen molar-refractivity contribution in [3.63, 3.8) is 0 Å². The molecule has 0 saturated carbocycles. The van der Waals surface area contributed by atoms with Crippen LogP contribution in [0.4, 0.5) is 0 Å². The number of hydrogen-bond donors (Lipinski definition) is 2. The lowest BCUT2D eigenvalue weighted by atomic mass is 10.0. The molecule has 1 unspecified atom stereocenters. The fourth-order valence-corrected chi connectivity index (χ4v) is 2.22. The molecule has 1 rings (SSSR count). The Labute approximate surface area is 106 Å². The van der Waals surface area contributed by atoms with Crippen LogP contribution in [0.15, 0.2) is 22.7 Å². The van der Waals surface area contributed by atoms with Gasteiger partial charge in [0, 0.05) is 6.04 Å². The van der Waals surface area contributed by atoms with Crippen LogP contribution in [0.2, 0.25) is 0 Å². The van der Waals surface area contributed by atoms with Crippen LogP contribution in [0.3, 0.4) is 0 Å². The fourth-order valence-electron chi connectivity index (χ4n) is 1.67. The minimum Gasteiger partial charge on any atom is -0.496 e. The summed E-state index contributed by atoms with van der Waals surface area (Å²) in [6.45, 7) is 0.995.